The Bertz CT molecular complexity index is 2750. The molecular weight excluding hydrogens is 1010 g/mol. The first-order chi connectivity index (χ1) is 38.6. The lowest BCUT2D eigenvalue weighted by atomic mass is 9.55. The first kappa shape index (κ1) is 58.1. The Hall–Kier alpha value is -7.02. The highest BCUT2D eigenvalue weighted by atomic mass is 16.7. The fourth-order valence-electron chi connectivity index (χ4n) is 11.8. The monoisotopic (exact) mass is 1090 g/mol. The molecule has 1 amide bonds. The van der Waals surface area contributed by atoms with Crippen LogP contribution in [0.15, 0.2) is 114 Å². The average molecular weight is 1090 g/mol. The summed E-state index contributed by atoms with van der Waals surface area (Å²) in [4.78, 5) is 45.7. The number of hydrogen-bond donors (Lipinski definition) is 2. The fraction of sp³-hybridized carbons (Fsp3) is 0.508. The summed E-state index contributed by atoms with van der Waals surface area (Å²) in [6.07, 6.45) is 18.5. The molecule has 4 aromatic rings. The van der Waals surface area contributed by atoms with Crippen molar-refractivity contribution in [2.24, 2.45) is 22.9 Å². The number of allylic oxidation sites excluding steroid dienone is 1. The topological polar surface area (TPSA) is 224 Å². The summed E-state index contributed by atoms with van der Waals surface area (Å²) in [6.45, 7) is 6.63. The van der Waals surface area contributed by atoms with E-state index in [4.69, 9.17) is 38.4 Å². The molecule has 2 heterocycles. The van der Waals surface area contributed by atoms with Gasteiger partial charge in [0.1, 0.15) is 29.9 Å². The smallest absolute Gasteiger partial charge is 0.410 e. The number of benzene rings is 4. The van der Waals surface area contributed by atoms with Crippen LogP contribution in [-0.4, -0.2) is 81.8 Å². The molecule has 6 unspecified atom stereocenters. The van der Waals surface area contributed by atoms with Gasteiger partial charge in [-0.25, -0.2) is 4.79 Å². The Morgan fingerprint density at radius 3 is 2.19 bits per heavy atom. The minimum Gasteiger partial charge on any atom is -0.459 e. The maximum absolute atomic E-state index is 15.3. The number of carbonyl (C=O) groups is 1. The number of non-ortho nitro benzene ring substituents is 2. The second-order valence-electron chi connectivity index (χ2n) is 20.9. The van der Waals surface area contributed by atoms with Gasteiger partial charge in [-0.15, -0.1) is 6.58 Å². The van der Waals surface area contributed by atoms with Crippen molar-refractivity contribution in [3.05, 3.63) is 146 Å². The Balaban J connectivity index is 1.25. The minimum atomic E-state index is -1.63. The number of oxime groups is 1. The summed E-state index contributed by atoms with van der Waals surface area (Å²) in [6, 6.07) is 22.2. The number of nitro benzene ring substituents is 2. The highest BCUT2D eigenvalue weighted by Crippen LogP contribution is 2.62. The van der Waals surface area contributed by atoms with Crippen LogP contribution < -0.4 is 18.9 Å². The molecule has 1 fully saturated rings. The number of amides is 1. The maximum atomic E-state index is 15.3. The molecule has 18 heteroatoms. The molecule has 0 spiro atoms. The molecule has 1 saturated carbocycles. The standard InChI is InChI=1S/C61H76N4O14/c1-3-5-6-7-8-9-10-11-12-17-34-73-60(68)63(40-44-25-29-55-56(35-44)75-42-74-55)57-39-53(62-77-41-43-23-26-46(27-24-43)64(69)70)51-36-45(19-13-15-31-66)50(22-14-16-32-67)58-52-38-49(78-48-21-18-20-47(37-48)65(71)72)28-30-54(52)79-61(57,59(51)58)76-33-4-2/h4,18,20-21,23-30,35-38,45,50,57-59,66-67H,2-3,5-17,19,22,31-34,39-42H2,1H3. The van der Waals surface area contributed by atoms with E-state index in [1.54, 1.807) is 41.3 Å². The van der Waals surface area contributed by atoms with Crippen LogP contribution in [-0.2, 0) is 27.5 Å². The maximum Gasteiger partial charge on any atom is 0.410 e. The molecular formula is C61H76N4O14. The summed E-state index contributed by atoms with van der Waals surface area (Å²) in [5, 5.41) is 48.5. The summed E-state index contributed by atoms with van der Waals surface area (Å²) in [7, 11) is 0. The van der Waals surface area contributed by atoms with Crippen LogP contribution in [0.2, 0.25) is 0 Å². The zero-order valence-electron chi connectivity index (χ0n) is 45.4. The molecule has 2 aliphatic carbocycles. The van der Waals surface area contributed by atoms with Crippen LogP contribution in [0.3, 0.4) is 0 Å². The van der Waals surface area contributed by atoms with Crippen molar-refractivity contribution in [1.82, 2.24) is 4.90 Å². The minimum absolute atomic E-state index is 0.00536. The second-order valence-corrected chi connectivity index (χ2v) is 20.9. The van der Waals surface area contributed by atoms with Crippen molar-refractivity contribution < 1.29 is 58.1 Å². The first-order valence-corrected chi connectivity index (χ1v) is 28.2. The zero-order chi connectivity index (χ0) is 55.6. The SMILES string of the molecule is C=CCOC12Oc3ccc(Oc4cccc([N+](=O)[O-])c4)cc3C3C(CCCCO)C(CCCCO)C=C(C(=NOCc4ccc([N+](=O)[O-])cc4)CC1N(Cc1ccc4c(c1)OCO4)C(=O)OCCCCCCCCCCCC)C32. The van der Waals surface area contributed by atoms with Crippen molar-refractivity contribution in [2.45, 2.75) is 147 Å². The molecule has 424 valence electrons. The van der Waals surface area contributed by atoms with Gasteiger partial charge in [-0.2, -0.15) is 0 Å². The van der Waals surface area contributed by atoms with E-state index in [2.05, 4.69) is 19.6 Å². The Morgan fingerprint density at radius 1 is 0.785 bits per heavy atom. The molecule has 4 aromatic carbocycles. The molecule has 6 atom stereocenters. The number of carbonyl (C=O) groups excluding carboxylic acids is 1. The molecule has 0 aromatic heterocycles. The lowest BCUT2D eigenvalue weighted by molar-refractivity contribution is -0.385. The highest BCUT2D eigenvalue weighted by Gasteiger charge is 2.66. The van der Waals surface area contributed by atoms with E-state index in [9.17, 15) is 30.4 Å². The molecule has 2 aliphatic heterocycles. The summed E-state index contributed by atoms with van der Waals surface area (Å²) >= 11 is 0. The summed E-state index contributed by atoms with van der Waals surface area (Å²) in [5.74, 6) is -0.634. The number of ether oxygens (including phenoxy) is 6. The van der Waals surface area contributed by atoms with Crippen molar-refractivity contribution in [2.75, 3.05) is 33.2 Å². The van der Waals surface area contributed by atoms with Gasteiger partial charge in [0.15, 0.2) is 11.5 Å². The van der Waals surface area contributed by atoms with Gasteiger partial charge >= 0.3 is 6.09 Å². The van der Waals surface area contributed by atoms with Gasteiger partial charge in [-0.05, 0) is 109 Å². The van der Waals surface area contributed by atoms with Gasteiger partial charge in [-0.1, -0.05) is 107 Å². The predicted octanol–water partition coefficient (Wildman–Crippen LogP) is 13.4. The van der Waals surface area contributed by atoms with Crippen molar-refractivity contribution >= 4 is 23.2 Å². The van der Waals surface area contributed by atoms with E-state index in [1.807, 2.05) is 30.3 Å². The number of nitrogens with zero attached hydrogens (tertiary/aromatic N) is 4. The van der Waals surface area contributed by atoms with Gasteiger partial charge in [0, 0.05) is 55.9 Å². The number of unbranched alkanes of at least 4 members (excludes halogenated alkanes) is 11. The lowest BCUT2D eigenvalue weighted by Gasteiger charge is -2.59. The first-order valence-electron chi connectivity index (χ1n) is 28.2. The molecule has 0 saturated heterocycles. The van der Waals surface area contributed by atoms with Crippen LogP contribution in [0.5, 0.6) is 28.7 Å². The number of aliphatic hydroxyl groups excluding tert-OH is 2. The number of nitro groups is 2. The van der Waals surface area contributed by atoms with E-state index >= 15 is 4.79 Å². The molecule has 0 radical (unpaired) electrons. The van der Waals surface area contributed by atoms with Crippen LogP contribution in [0, 0.1) is 38.0 Å². The number of rotatable bonds is 32. The Kier molecular flexibility index (Phi) is 21.1. The second kappa shape index (κ2) is 28.7. The van der Waals surface area contributed by atoms with Gasteiger partial charge < -0.3 is 43.5 Å². The molecule has 2 N–H and O–H groups in total. The Morgan fingerprint density at radius 2 is 1.47 bits per heavy atom. The van der Waals surface area contributed by atoms with Gasteiger partial charge in [0.05, 0.1) is 40.8 Å². The van der Waals surface area contributed by atoms with Crippen LogP contribution in [0.1, 0.15) is 139 Å². The van der Waals surface area contributed by atoms with Crippen LogP contribution >= 0.6 is 0 Å². The third-order valence-electron chi connectivity index (χ3n) is 15.6. The van der Waals surface area contributed by atoms with Crippen LogP contribution in [0.4, 0.5) is 16.2 Å². The summed E-state index contributed by atoms with van der Waals surface area (Å²) < 4.78 is 38.9. The quantitative estimate of drug-likeness (QED) is 0.0201. The highest BCUT2D eigenvalue weighted by molar-refractivity contribution is 6.03. The Labute approximate surface area is 462 Å². The largest absolute Gasteiger partial charge is 0.459 e. The van der Waals surface area contributed by atoms with Gasteiger partial charge in [0.25, 0.3) is 11.4 Å². The molecule has 18 nitrogen and oxygen atoms in total. The predicted molar refractivity (Wildman–Crippen MR) is 297 cm³/mol. The molecule has 8 rings (SSSR count). The van der Waals surface area contributed by atoms with Crippen molar-refractivity contribution in [3.63, 3.8) is 0 Å². The normalized spacial score (nSPS) is 21.0. The molecule has 79 heavy (non-hydrogen) atoms. The third-order valence-corrected chi connectivity index (χ3v) is 15.6. The van der Waals surface area contributed by atoms with Crippen LogP contribution in [0.25, 0.3) is 0 Å². The van der Waals surface area contributed by atoms with E-state index in [-0.39, 0.29) is 81.8 Å². The number of fused-ring (bicyclic) bond motifs is 3. The third kappa shape index (κ3) is 14.6. The van der Waals surface area contributed by atoms with E-state index in [0.717, 1.165) is 42.4 Å². The average Bonchev–Trinajstić information content (AvgIpc) is 3.20. The fourth-order valence-corrected chi connectivity index (χ4v) is 11.8. The summed E-state index contributed by atoms with van der Waals surface area (Å²) in [5.41, 5.74) is 3.32. The van der Waals surface area contributed by atoms with Gasteiger partial charge in [-0.3, -0.25) is 25.1 Å². The van der Waals surface area contributed by atoms with E-state index in [0.29, 0.717) is 72.8 Å². The van der Waals surface area contributed by atoms with Crippen molar-refractivity contribution in [1.29, 1.82) is 0 Å². The lowest BCUT2D eigenvalue weighted by Crippen LogP contribution is -2.70. The van der Waals surface area contributed by atoms with E-state index in [1.165, 1.54) is 62.8 Å². The van der Waals surface area contributed by atoms with E-state index < -0.39 is 39.6 Å². The molecule has 0 bridgehead atoms. The number of hydrogen-bond acceptors (Lipinski definition) is 15. The zero-order valence-corrected chi connectivity index (χ0v) is 45.4. The number of aliphatic hydroxyl groups is 2. The van der Waals surface area contributed by atoms with Gasteiger partial charge in [0.2, 0.25) is 12.6 Å². The van der Waals surface area contributed by atoms with Crippen molar-refractivity contribution in [3.8, 4) is 28.7 Å². The molecule has 4 aliphatic rings.